The van der Waals surface area contributed by atoms with Crippen molar-refractivity contribution in [2.24, 2.45) is 5.84 Å². The van der Waals surface area contributed by atoms with Crippen molar-refractivity contribution in [3.8, 4) is 0 Å². The molecule has 0 radical (unpaired) electrons. The Morgan fingerprint density at radius 2 is 2.24 bits per heavy atom. The Kier molecular flexibility index (Phi) is 3.33. The van der Waals surface area contributed by atoms with E-state index in [1.165, 1.54) is 0 Å². The van der Waals surface area contributed by atoms with Gasteiger partial charge in [-0.05, 0) is 50.5 Å². The number of nitrogens with one attached hydrogen (secondary N) is 1. The van der Waals surface area contributed by atoms with Crippen molar-refractivity contribution in [3.05, 3.63) is 29.3 Å². The van der Waals surface area contributed by atoms with Crippen molar-refractivity contribution < 1.29 is 4.79 Å². The molecule has 0 aliphatic heterocycles. The number of benzene rings is 1. The van der Waals surface area contributed by atoms with Crippen molar-refractivity contribution in [2.75, 3.05) is 12.0 Å². The SMILES string of the molecule is CCN(C(=O)c1ccc(NN)c(C)c1)C1CC1. The van der Waals surface area contributed by atoms with Gasteiger partial charge < -0.3 is 10.3 Å². The van der Waals surface area contributed by atoms with E-state index < -0.39 is 0 Å². The molecule has 1 amide bonds. The minimum atomic E-state index is 0.127. The van der Waals surface area contributed by atoms with Gasteiger partial charge in [0, 0.05) is 18.2 Å². The van der Waals surface area contributed by atoms with Crippen molar-refractivity contribution >= 4 is 11.6 Å². The molecule has 1 aliphatic carbocycles. The summed E-state index contributed by atoms with van der Waals surface area (Å²) >= 11 is 0. The smallest absolute Gasteiger partial charge is 0.254 e. The summed E-state index contributed by atoms with van der Waals surface area (Å²) in [7, 11) is 0. The van der Waals surface area contributed by atoms with Crippen molar-refractivity contribution in [2.45, 2.75) is 32.7 Å². The lowest BCUT2D eigenvalue weighted by molar-refractivity contribution is 0.0752. The molecular weight excluding hydrogens is 214 g/mol. The minimum Gasteiger partial charge on any atom is -0.336 e. The molecule has 1 fully saturated rings. The highest BCUT2D eigenvalue weighted by Gasteiger charge is 2.31. The molecular formula is C13H19N3O. The summed E-state index contributed by atoms with van der Waals surface area (Å²) in [6.45, 7) is 4.75. The first-order valence-electron chi connectivity index (χ1n) is 6.05. The van der Waals surface area contributed by atoms with E-state index in [9.17, 15) is 4.79 Å². The summed E-state index contributed by atoms with van der Waals surface area (Å²) in [4.78, 5) is 14.2. The second-order valence-electron chi connectivity index (χ2n) is 4.50. The highest BCUT2D eigenvalue weighted by Crippen LogP contribution is 2.28. The van der Waals surface area contributed by atoms with Gasteiger partial charge in [-0.25, -0.2) is 0 Å². The summed E-state index contributed by atoms with van der Waals surface area (Å²) < 4.78 is 0. The largest absolute Gasteiger partial charge is 0.336 e. The highest BCUT2D eigenvalue weighted by molar-refractivity contribution is 5.95. The Morgan fingerprint density at radius 1 is 1.53 bits per heavy atom. The van der Waals surface area contributed by atoms with Crippen LogP contribution in [-0.4, -0.2) is 23.4 Å². The Labute approximate surface area is 102 Å². The number of hydrogen-bond acceptors (Lipinski definition) is 3. The number of carbonyl (C=O) groups is 1. The number of hydrogen-bond donors (Lipinski definition) is 2. The van der Waals surface area contributed by atoms with Crippen molar-refractivity contribution in [1.29, 1.82) is 0 Å². The number of carbonyl (C=O) groups excluding carboxylic acids is 1. The maximum absolute atomic E-state index is 12.3. The first-order chi connectivity index (χ1) is 8.17. The predicted octanol–water partition coefficient (Wildman–Crippen LogP) is 1.91. The highest BCUT2D eigenvalue weighted by atomic mass is 16.2. The minimum absolute atomic E-state index is 0.127. The van der Waals surface area contributed by atoms with Gasteiger partial charge in [-0.1, -0.05) is 0 Å². The van der Waals surface area contributed by atoms with Gasteiger partial charge in [0.15, 0.2) is 0 Å². The van der Waals surface area contributed by atoms with Gasteiger partial charge in [0.25, 0.3) is 5.91 Å². The first kappa shape index (κ1) is 11.9. The monoisotopic (exact) mass is 233 g/mol. The Balaban J connectivity index is 2.21. The van der Waals surface area contributed by atoms with Gasteiger partial charge >= 0.3 is 0 Å². The standard InChI is InChI=1S/C13H19N3O/c1-3-16(11-5-6-11)13(17)10-4-7-12(15-14)9(2)8-10/h4,7-8,11,15H,3,5-6,14H2,1-2H3. The molecule has 17 heavy (non-hydrogen) atoms. The number of hydrazine groups is 1. The predicted molar refractivity (Wildman–Crippen MR) is 68.7 cm³/mol. The second kappa shape index (κ2) is 4.75. The van der Waals surface area contributed by atoms with Crippen LogP contribution in [0.4, 0.5) is 5.69 Å². The molecule has 92 valence electrons. The van der Waals surface area contributed by atoms with Crippen LogP contribution >= 0.6 is 0 Å². The van der Waals surface area contributed by atoms with Crippen LogP contribution in [0.5, 0.6) is 0 Å². The lowest BCUT2D eigenvalue weighted by Gasteiger charge is -2.20. The molecule has 4 nitrogen and oxygen atoms in total. The lowest BCUT2D eigenvalue weighted by atomic mass is 10.1. The molecule has 0 spiro atoms. The van der Waals surface area contributed by atoms with Crippen LogP contribution in [0.2, 0.25) is 0 Å². The molecule has 0 heterocycles. The summed E-state index contributed by atoms with van der Waals surface area (Å²) in [6.07, 6.45) is 2.28. The first-order valence-corrected chi connectivity index (χ1v) is 6.05. The van der Waals surface area contributed by atoms with Gasteiger partial charge in [0.05, 0.1) is 5.69 Å². The van der Waals surface area contributed by atoms with E-state index >= 15 is 0 Å². The van der Waals surface area contributed by atoms with Gasteiger partial charge in [0.1, 0.15) is 0 Å². The fraction of sp³-hybridized carbons (Fsp3) is 0.462. The van der Waals surface area contributed by atoms with E-state index in [1.54, 1.807) is 0 Å². The van der Waals surface area contributed by atoms with Crippen molar-refractivity contribution in [3.63, 3.8) is 0 Å². The molecule has 1 aliphatic rings. The maximum atomic E-state index is 12.3. The summed E-state index contributed by atoms with van der Waals surface area (Å²) in [5.74, 6) is 5.50. The Morgan fingerprint density at radius 3 is 2.71 bits per heavy atom. The molecule has 0 aromatic heterocycles. The molecule has 4 heteroatoms. The van der Waals surface area contributed by atoms with Crippen LogP contribution in [0.1, 0.15) is 35.7 Å². The van der Waals surface area contributed by atoms with Crippen LogP contribution in [0.15, 0.2) is 18.2 Å². The summed E-state index contributed by atoms with van der Waals surface area (Å²) in [6, 6.07) is 6.03. The third-order valence-corrected chi connectivity index (χ3v) is 3.22. The number of amides is 1. The lowest BCUT2D eigenvalue weighted by Crippen LogP contribution is -2.32. The number of nitrogen functional groups attached to an aromatic ring is 1. The van der Waals surface area contributed by atoms with Gasteiger partial charge in [-0.3, -0.25) is 10.6 Å². The van der Waals surface area contributed by atoms with E-state index in [0.29, 0.717) is 6.04 Å². The molecule has 0 unspecified atom stereocenters. The zero-order chi connectivity index (χ0) is 12.4. The van der Waals surface area contributed by atoms with Crippen molar-refractivity contribution in [1.82, 2.24) is 4.90 Å². The van der Waals surface area contributed by atoms with Crippen LogP contribution in [0.3, 0.4) is 0 Å². The van der Waals surface area contributed by atoms with Crippen LogP contribution in [0, 0.1) is 6.92 Å². The van der Waals surface area contributed by atoms with E-state index in [0.717, 1.165) is 36.2 Å². The van der Waals surface area contributed by atoms with Crippen LogP contribution < -0.4 is 11.3 Å². The number of rotatable bonds is 4. The number of aryl methyl sites for hydroxylation is 1. The topological polar surface area (TPSA) is 58.4 Å². The average molecular weight is 233 g/mol. The summed E-state index contributed by atoms with van der Waals surface area (Å²) in [5, 5.41) is 0. The van der Waals surface area contributed by atoms with Gasteiger partial charge in [-0.2, -0.15) is 0 Å². The van der Waals surface area contributed by atoms with E-state index in [4.69, 9.17) is 5.84 Å². The molecule has 1 aromatic rings. The second-order valence-corrected chi connectivity index (χ2v) is 4.50. The average Bonchev–Trinajstić information content (AvgIpc) is 3.14. The fourth-order valence-corrected chi connectivity index (χ4v) is 2.08. The van der Waals surface area contributed by atoms with Crippen LogP contribution in [0.25, 0.3) is 0 Å². The van der Waals surface area contributed by atoms with E-state index in [2.05, 4.69) is 5.43 Å². The van der Waals surface area contributed by atoms with Gasteiger partial charge in [-0.15, -0.1) is 0 Å². The van der Waals surface area contributed by atoms with Crippen LogP contribution in [-0.2, 0) is 0 Å². The molecule has 0 saturated heterocycles. The van der Waals surface area contributed by atoms with Gasteiger partial charge in [0.2, 0.25) is 0 Å². The fourth-order valence-electron chi connectivity index (χ4n) is 2.08. The Hall–Kier alpha value is -1.55. The number of nitrogens with two attached hydrogens (primary N) is 1. The zero-order valence-corrected chi connectivity index (χ0v) is 10.4. The zero-order valence-electron chi connectivity index (χ0n) is 10.4. The molecule has 1 saturated carbocycles. The normalized spacial score (nSPS) is 14.5. The molecule has 3 N–H and O–H groups in total. The van der Waals surface area contributed by atoms with E-state index in [1.807, 2.05) is 36.9 Å². The maximum Gasteiger partial charge on any atom is 0.254 e. The summed E-state index contributed by atoms with van der Waals surface area (Å²) in [5.41, 5.74) is 5.21. The quantitative estimate of drug-likeness (QED) is 0.617. The Bertz CT molecular complexity index is 427. The number of nitrogens with zero attached hydrogens (tertiary/aromatic N) is 1. The molecule has 1 aromatic carbocycles. The third kappa shape index (κ3) is 2.42. The number of anilines is 1. The molecule has 2 rings (SSSR count). The third-order valence-electron chi connectivity index (χ3n) is 3.22. The van der Waals surface area contributed by atoms with E-state index in [-0.39, 0.29) is 5.91 Å². The molecule has 0 atom stereocenters. The molecule has 0 bridgehead atoms.